The van der Waals surface area contributed by atoms with Crippen LogP contribution in [0.15, 0.2) is 69.9 Å². The summed E-state index contributed by atoms with van der Waals surface area (Å²) in [6.07, 6.45) is -1.86. The highest BCUT2D eigenvalue weighted by Gasteiger charge is 2.31. The number of halogens is 4. The zero-order valence-corrected chi connectivity index (χ0v) is 21.1. The van der Waals surface area contributed by atoms with Crippen LogP contribution in [-0.4, -0.2) is 36.2 Å². The van der Waals surface area contributed by atoms with Gasteiger partial charge in [0.2, 0.25) is 0 Å². The molecule has 1 aliphatic rings. The number of rotatable bonds is 7. The van der Waals surface area contributed by atoms with Gasteiger partial charge in [0.1, 0.15) is 23.7 Å². The number of phenolic OH excluding ortho intramolecular Hbond substituents is 1. The second-order valence-electron chi connectivity index (χ2n) is 9.33. The van der Waals surface area contributed by atoms with Crippen LogP contribution >= 0.6 is 11.6 Å². The molecule has 1 N–H and O–H groups in total. The van der Waals surface area contributed by atoms with Crippen molar-refractivity contribution >= 4 is 22.6 Å². The van der Waals surface area contributed by atoms with Crippen molar-refractivity contribution in [2.75, 3.05) is 26.2 Å². The first kappa shape index (κ1) is 26.1. The number of ether oxygens (including phenoxy) is 1. The molecule has 5 nitrogen and oxygen atoms in total. The van der Waals surface area contributed by atoms with Crippen molar-refractivity contribution < 1.29 is 27.4 Å². The third-order valence-corrected chi connectivity index (χ3v) is 7.06. The minimum atomic E-state index is -4.57. The van der Waals surface area contributed by atoms with Crippen molar-refractivity contribution in [2.45, 2.75) is 25.4 Å². The molecule has 0 amide bonds. The number of hydrogen-bond donors (Lipinski definition) is 1. The van der Waals surface area contributed by atoms with Gasteiger partial charge in [-0.25, -0.2) is 4.79 Å². The van der Waals surface area contributed by atoms with E-state index in [2.05, 4.69) is 4.90 Å². The van der Waals surface area contributed by atoms with Gasteiger partial charge in [0.25, 0.3) is 0 Å². The Bertz CT molecular complexity index is 1510. The highest BCUT2D eigenvalue weighted by atomic mass is 35.5. The van der Waals surface area contributed by atoms with E-state index in [1.54, 1.807) is 6.07 Å². The van der Waals surface area contributed by atoms with Crippen LogP contribution in [0.5, 0.6) is 11.5 Å². The molecule has 0 spiro atoms. The van der Waals surface area contributed by atoms with Gasteiger partial charge in [-0.2, -0.15) is 13.2 Å². The number of fused-ring (bicyclic) bond motifs is 1. The lowest BCUT2D eigenvalue weighted by molar-refractivity contribution is -0.137. The van der Waals surface area contributed by atoms with E-state index >= 15 is 0 Å². The first-order chi connectivity index (χ1) is 18.2. The van der Waals surface area contributed by atoms with E-state index in [9.17, 15) is 23.1 Å². The molecule has 0 saturated carbocycles. The Labute approximate surface area is 222 Å². The van der Waals surface area contributed by atoms with Gasteiger partial charge in [-0.3, -0.25) is 4.90 Å². The van der Waals surface area contributed by atoms with E-state index in [-0.39, 0.29) is 33.9 Å². The molecule has 0 unspecified atom stereocenters. The van der Waals surface area contributed by atoms with Crippen LogP contribution in [0.25, 0.3) is 22.1 Å². The van der Waals surface area contributed by atoms with Crippen LogP contribution in [0.4, 0.5) is 13.2 Å². The van der Waals surface area contributed by atoms with Gasteiger partial charge in [0, 0.05) is 28.6 Å². The average molecular weight is 544 g/mol. The van der Waals surface area contributed by atoms with Gasteiger partial charge in [-0.15, -0.1) is 0 Å². The molecular weight excluding hydrogens is 519 g/mol. The monoisotopic (exact) mass is 543 g/mol. The van der Waals surface area contributed by atoms with Crippen molar-refractivity contribution in [2.24, 2.45) is 0 Å². The molecule has 0 aliphatic carbocycles. The number of alkyl halides is 3. The minimum absolute atomic E-state index is 0.0767. The number of aromatic hydroxyl groups is 1. The van der Waals surface area contributed by atoms with E-state index < -0.39 is 17.4 Å². The summed E-state index contributed by atoms with van der Waals surface area (Å²) in [6, 6.07) is 14.7. The fourth-order valence-electron chi connectivity index (χ4n) is 4.81. The van der Waals surface area contributed by atoms with Crippen LogP contribution < -0.4 is 10.4 Å². The van der Waals surface area contributed by atoms with Gasteiger partial charge >= 0.3 is 11.8 Å². The van der Waals surface area contributed by atoms with Crippen molar-refractivity contribution in [3.63, 3.8) is 0 Å². The van der Waals surface area contributed by atoms with E-state index in [4.69, 9.17) is 20.8 Å². The van der Waals surface area contributed by atoms with Gasteiger partial charge in [-0.1, -0.05) is 29.8 Å². The molecule has 4 aromatic rings. The van der Waals surface area contributed by atoms with E-state index in [0.717, 1.165) is 43.1 Å². The Morgan fingerprint density at radius 3 is 2.42 bits per heavy atom. The number of hydrogen-bond acceptors (Lipinski definition) is 5. The number of likely N-dealkylation sites (tertiary alicyclic amines) is 1. The molecule has 1 aromatic heterocycles. The summed E-state index contributed by atoms with van der Waals surface area (Å²) < 4.78 is 50.9. The average Bonchev–Trinajstić information content (AvgIpc) is 3.38. The number of benzene rings is 3. The lowest BCUT2D eigenvalue weighted by Crippen LogP contribution is -2.25. The summed E-state index contributed by atoms with van der Waals surface area (Å²) in [5.74, 6) is 0.642. The summed E-state index contributed by atoms with van der Waals surface area (Å²) in [5, 5.41) is 10.2. The molecule has 0 atom stereocenters. The zero-order valence-electron chi connectivity index (χ0n) is 20.4. The van der Waals surface area contributed by atoms with Crippen LogP contribution in [0, 0.1) is 0 Å². The smallest absolute Gasteiger partial charge is 0.416 e. The molecule has 1 saturated heterocycles. The highest BCUT2D eigenvalue weighted by molar-refractivity contribution is 6.33. The Kier molecular flexibility index (Phi) is 7.36. The van der Waals surface area contributed by atoms with Crippen molar-refractivity contribution in [1.29, 1.82) is 0 Å². The maximum atomic E-state index is 13.2. The Balaban J connectivity index is 1.49. The predicted octanol–water partition coefficient (Wildman–Crippen LogP) is 6.90. The Morgan fingerprint density at radius 1 is 1.00 bits per heavy atom. The quantitative estimate of drug-likeness (QED) is 0.257. The summed E-state index contributed by atoms with van der Waals surface area (Å²) in [7, 11) is 0. The molecule has 0 bridgehead atoms. The third kappa shape index (κ3) is 5.66. The van der Waals surface area contributed by atoms with E-state index in [1.165, 1.54) is 31.0 Å². The summed E-state index contributed by atoms with van der Waals surface area (Å²) in [4.78, 5) is 15.5. The van der Waals surface area contributed by atoms with Crippen LogP contribution in [0.3, 0.4) is 0 Å². The minimum Gasteiger partial charge on any atom is -0.508 e. The number of nitrogens with zero attached hydrogens (tertiary/aromatic N) is 1. The molecule has 5 rings (SSSR count). The van der Waals surface area contributed by atoms with Gasteiger partial charge < -0.3 is 14.3 Å². The first-order valence-electron chi connectivity index (χ1n) is 12.3. The van der Waals surface area contributed by atoms with Gasteiger partial charge in [0.05, 0.1) is 11.1 Å². The fourth-order valence-corrected chi connectivity index (χ4v) is 5.09. The normalized spacial score (nSPS) is 14.3. The summed E-state index contributed by atoms with van der Waals surface area (Å²) in [5.41, 5.74) is 0.0818. The van der Waals surface area contributed by atoms with Crippen LogP contribution in [0.2, 0.25) is 5.02 Å². The second-order valence-corrected chi connectivity index (χ2v) is 9.74. The lowest BCUT2D eigenvalue weighted by Gasteiger charge is -2.16. The molecule has 198 valence electrons. The third-order valence-electron chi connectivity index (χ3n) is 6.74. The van der Waals surface area contributed by atoms with Crippen molar-refractivity contribution in [3.8, 4) is 22.6 Å². The molecule has 0 radical (unpaired) electrons. The van der Waals surface area contributed by atoms with E-state index in [1.807, 2.05) is 24.3 Å². The van der Waals surface area contributed by atoms with Crippen LogP contribution in [-0.2, 0) is 12.6 Å². The van der Waals surface area contributed by atoms with Gasteiger partial charge in [0.15, 0.2) is 0 Å². The molecule has 9 heteroatoms. The van der Waals surface area contributed by atoms with E-state index in [0.29, 0.717) is 17.6 Å². The summed E-state index contributed by atoms with van der Waals surface area (Å²) in [6.45, 7) is 3.66. The summed E-state index contributed by atoms with van der Waals surface area (Å²) >= 11 is 6.27. The molecule has 3 aromatic carbocycles. The van der Waals surface area contributed by atoms with Crippen LogP contribution in [0.1, 0.15) is 29.5 Å². The molecular formula is C29H25ClF3NO4. The number of phenols is 1. The van der Waals surface area contributed by atoms with Crippen molar-refractivity contribution in [3.05, 3.63) is 92.8 Å². The fraction of sp³-hybridized carbons (Fsp3) is 0.276. The molecule has 2 heterocycles. The standard InChI is InChI=1S/C29H25ClF3NO4/c30-25-16-19(29(31,32)33)5-9-23(25)27-24(22-10-6-20(35)17-26(22)38-28(27)36)15-18-3-7-21(8-4-18)37-14-13-34-11-1-2-12-34/h3-10,16-17,35H,1-2,11-15H2. The molecule has 38 heavy (non-hydrogen) atoms. The van der Waals surface area contributed by atoms with Gasteiger partial charge in [-0.05, 0) is 79.9 Å². The second kappa shape index (κ2) is 10.7. The SMILES string of the molecule is O=c1oc2cc(O)ccc2c(Cc2ccc(OCCN3CCCC3)cc2)c1-c1ccc(C(F)(F)F)cc1Cl. The van der Waals surface area contributed by atoms with Crippen molar-refractivity contribution in [1.82, 2.24) is 4.90 Å². The molecule has 1 aliphatic heterocycles. The molecule has 1 fully saturated rings. The maximum Gasteiger partial charge on any atom is 0.416 e. The Hall–Kier alpha value is -3.49. The topological polar surface area (TPSA) is 62.9 Å². The maximum absolute atomic E-state index is 13.2. The Morgan fingerprint density at radius 2 is 1.74 bits per heavy atom. The first-order valence-corrected chi connectivity index (χ1v) is 12.7. The predicted molar refractivity (Wildman–Crippen MR) is 140 cm³/mol. The largest absolute Gasteiger partial charge is 0.508 e. The zero-order chi connectivity index (χ0) is 26.9. The lowest BCUT2D eigenvalue weighted by atomic mass is 9.93. The highest BCUT2D eigenvalue weighted by Crippen LogP contribution is 2.38.